The van der Waals surface area contributed by atoms with Crippen LogP contribution in [0.2, 0.25) is 0 Å². The smallest absolute Gasteiger partial charge is 0.317 e. The molecule has 0 fully saturated rings. The molecule has 0 bridgehead atoms. The molecule has 1 unspecified atom stereocenters. The van der Waals surface area contributed by atoms with Crippen molar-refractivity contribution in [1.29, 1.82) is 0 Å². The van der Waals surface area contributed by atoms with E-state index in [1.165, 1.54) is 6.92 Å². The van der Waals surface area contributed by atoms with Crippen LogP contribution in [0.4, 0.5) is 0 Å². The van der Waals surface area contributed by atoms with Crippen LogP contribution >= 0.6 is 0 Å². The highest BCUT2D eigenvalue weighted by molar-refractivity contribution is 6.06. The summed E-state index contributed by atoms with van der Waals surface area (Å²) in [6.45, 7) is 10.6. The van der Waals surface area contributed by atoms with E-state index in [4.69, 9.17) is 9.57 Å². The SMILES string of the molecule is CCCCC(C)(C(=O)OC(C)(C)C)C(=C=O)C(=O)NOCC. The molecule has 0 spiro atoms. The maximum absolute atomic E-state index is 12.5. The van der Waals surface area contributed by atoms with Gasteiger partial charge >= 0.3 is 5.97 Å². The molecule has 0 saturated heterocycles. The molecule has 0 heterocycles. The van der Waals surface area contributed by atoms with E-state index >= 15 is 0 Å². The minimum Gasteiger partial charge on any atom is -0.459 e. The summed E-state index contributed by atoms with van der Waals surface area (Å²) in [5, 5.41) is 0. The third kappa shape index (κ3) is 6.00. The molecule has 6 heteroatoms. The molecule has 0 rings (SSSR count). The van der Waals surface area contributed by atoms with Crippen LogP contribution in [0.25, 0.3) is 0 Å². The average Bonchev–Trinajstić information content (AvgIpc) is 2.41. The number of esters is 1. The number of amides is 1. The van der Waals surface area contributed by atoms with Crippen LogP contribution in [0.1, 0.15) is 60.8 Å². The third-order valence-electron chi connectivity index (χ3n) is 3.07. The van der Waals surface area contributed by atoms with Crippen molar-refractivity contribution >= 4 is 17.8 Å². The highest BCUT2D eigenvalue weighted by Gasteiger charge is 2.44. The average molecular weight is 313 g/mol. The molecular formula is C16H27NO5. The van der Waals surface area contributed by atoms with E-state index in [2.05, 4.69) is 5.48 Å². The number of hydrogen-bond acceptors (Lipinski definition) is 5. The lowest BCUT2D eigenvalue weighted by molar-refractivity contribution is -0.166. The lowest BCUT2D eigenvalue weighted by Gasteiger charge is -2.31. The van der Waals surface area contributed by atoms with Gasteiger partial charge in [0.2, 0.25) is 0 Å². The molecule has 1 N–H and O–H groups in total. The zero-order chi connectivity index (χ0) is 17.4. The number of rotatable bonds is 8. The maximum atomic E-state index is 12.5. The van der Waals surface area contributed by atoms with Crippen molar-refractivity contribution in [2.24, 2.45) is 5.41 Å². The first-order chi connectivity index (χ1) is 10.1. The second kappa shape index (κ2) is 8.71. The van der Waals surface area contributed by atoms with Crippen LogP contribution in [-0.2, 0) is 24.0 Å². The van der Waals surface area contributed by atoms with Crippen LogP contribution in [-0.4, -0.2) is 30.0 Å². The Morgan fingerprint density at radius 3 is 2.14 bits per heavy atom. The summed E-state index contributed by atoms with van der Waals surface area (Å²) in [4.78, 5) is 40.7. The molecule has 0 radical (unpaired) electrons. The Balaban J connectivity index is 5.51. The number of hydrogen-bond donors (Lipinski definition) is 1. The van der Waals surface area contributed by atoms with Gasteiger partial charge in [0, 0.05) is 0 Å². The summed E-state index contributed by atoms with van der Waals surface area (Å²) in [5.74, 6) is 0.225. The van der Waals surface area contributed by atoms with Gasteiger partial charge in [-0.05, 0) is 41.0 Å². The Kier molecular flexibility index (Phi) is 8.06. The number of carbonyl (C=O) groups is 2. The summed E-state index contributed by atoms with van der Waals surface area (Å²) >= 11 is 0. The predicted molar refractivity (Wildman–Crippen MR) is 82.5 cm³/mol. The monoisotopic (exact) mass is 313 g/mol. The lowest BCUT2D eigenvalue weighted by Crippen LogP contribution is -2.42. The molecule has 0 aromatic heterocycles. The van der Waals surface area contributed by atoms with Gasteiger partial charge in [-0.2, -0.15) is 0 Å². The standard InChI is InChI=1S/C16H27NO5/c1-7-9-10-16(6,14(20)22-15(3,4)5)12(11-18)13(19)17-21-8-2/h7-10H2,1-6H3,(H,17,19). The molecule has 0 saturated carbocycles. The number of nitrogens with one attached hydrogen (secondary N) is 1. The first-order valence-corrected chi connectivity index (χ1v) is 7.53. The molecule has 1 atom stereocenters. The van der Waals surface area contributed by atoms with E-state index in [9.17, 15) is 14.4 Å². The minimum absolute atomic E-state index is 0.246. The summed E-state index contributed by atoms with van der Waals surface area (Å²) in [5.41, 5.74) is -0.234. The molecule has 22 heavy (non-hydrogen) atoms. The zero-order valence-electron chi connectivity index (χ0n) is 14.4. The number of ether oxygens (including phenoxy) is 1. The van der Waals surface area contributed by atoms with E-state index in [-0.39, 0.29) is 12.2 Å². The lowest BCUT2D eigenvalue weighted by atomic mass is 9.77. The van der Waals surface area contributed by atoms with E-state index in [0.717, 1.165) is 6.42 Å². The van der Waals surface area contributed by atoms with Gasteiger partial charge in [-0.25, -0.2) is 10.3 Å². The Morgan fingerprint density at radius 2 is 1.73 bits per heavy atom. The van der Waals surface area contributed by atoms with Gasteiger partial charge in [0.1, 0.15) is 22.5 Å². The molecule has 0 aliphatic heterocycles. The zero-order valence-corrected chi connectivity index (χ0v) is 14.4. The fourth-order valence-corrected chi connectivity index (χ4v) is 1.85. The second-order valence-corrected chi connectivity index (χ2v) is 6.28. The molecule has 0 aromatic carbocycles. The Hall–Kier alpha value is -1.65. The molecule has 126 valence electrons. The molecule has 6 nitrogen and oxygen atoms in total. The van der Waals surface area contributed by atoms with Crippen molar-refractivity contribution in [3.8, 4) is 0 Å². The number of carbonyl (C=O) groups excluding carboxylic acids is 3. The van der Waals surface area contributed by atoms with E-state index < -0.39 is 22.9 Å². The van der Waals surface area contributed by atoms with Crippen molar-refractivity contribution in [3.05, 3.63) is 5.57 Å². The van der Waals surface area contributed by atoms with Crippen LogP contribution in [0.15, 0.2) is 5.57 Å². The largest absolute Gasteiger partial charge is 0.459 e. The summed E-state index contributed by atoms with van der Waals surface area (Å²) < 4.78 is 5.38. The van der Waals surface area contributed by atoms with Crippen molar-refractivity contribution in [2.75, 3.05) is 6.61 Å². The second-order valence-electron chi connectivity index (χ2n) is 6.28. The van der Waals surface area contributed by atoms with Gasteiger partial charge in [-0.3, -0.25) is 14.4 Å². The molecular weight excluding hydrogens is 286 g/mol. The van der Waals surface area contributed by atoms with Crippen molar-refractivity contribution in [2.45, 2.75) is 66.4 Å². The third-order valence-corrected chi connectivity index (χ3v) is 3.07. The highest BCUT2D eigenvalue weighted by atomic mass is 16.6. The molecule has 0 aromatic rings. The minimum atomic E-state index is -1.35. The number of unbranched alkanes of at least 4 members (excludes halogenated alkanes) is 1. The molecule has 0 aliphatic rings. The molecule has 1 amide bonds. The fourth-order valence-electron chi connectivity index (χ4n) is 1.85. The first-order valence-electron chi connectivity index (χ1n) is 7.53. The van der Waals surface area contributed by atoms with Crippen LogP contribution < -0.4 is 5.48 Å². The summed E-state index contributed by atoms with van der Waals surface area (Å²) in [7, 11) is 0. The predicted octanol–water partition coefficient (Wildman–Crippen LogP) is 2.35. The van der Waals surface area contributed by atoms with Gasteiger partial charge in [-0.15, -0.1) is 0 Å². The van der Waals surface area contributed by atoms with Crippen molar-refractivity contribution in [1.82, 2.24) is 5.48 Å². The van der Waals surface area contributed by atoms with Gasteiger partial charge in [0.15, 0.2) is 0 Å². The Morgan fingerprint density at radius 1 is 1.14 bits per heavy atom. The summed E-state index contributed by atoms with van der Waals surface area (Å²) in [6, 6.07) is 0. The summed E-state index contributed by atoms with van der Waals surface area (Å²) in [6.07, 6.45) is 1.81. The van der Waals surface area contributed by atoms with E-state index in [1.54, 1.807) is 33.6 Å². The van der Waals surface area contributed by atoms with Crippen LogP contribution in [0, 0.1) is 5.41 Å². The normalized spacial score (nSPS) is 13.7. The topological polar surface area (TPSA) is 81.7 Å². The van der Waals surface area contributed by atoms with Gasteiger partial charge in [0.25, 0.3) is 5.91 Å². The van der Waals surface area contributed by atoms with Crippen LogP contribution in [0.5, 0.6) is 0 Å². The van der Waals surface area contributed by atoms with Crippen LogP contribution in [0.3, 0.4) is 0 Å². The van der Waals surface area contributed by atoms with Crippen molar-refractivity contribution < 1.29 is 24.0 Å². The quantitative estimate of drug-likeness (QED) is 0.322. The van der Waals surface area contributed by atoms with Gasteiger partial charge in [-0.1, -0.05) is 19.8 Å². The van der Waals surface area contributed by atoms with E-state index in [1.807, 2.05) is 6.92 Å². The maximum Gasteiger partial charge on any atom is 0.317 e. The Bertz CT molecular complexity index is 446. The van der Waals surface area contributed by atoms with E-state index in [0.29, 0.717) is 12.8 Å². The Labute approximate surface area is 132 Å². The van der Waals surface area contributed by atoms with Gasteiger partial charge in [0.05, 0.1) is 6.61 Å². The number of hydroxylamine groups is 1. The van der Waals surface area contributed by atoms with Gasteiger partial charge < -0.3 is 4.74 Å². The molecule has 0 aliphatic carbocycles. The first kappa shape index (κ1) is 20.3. The van der Waals surface area contributed by atoms with Crippen molar-refractivity contribution in [3.63, 3.8) is 0 Å². The fraction of sp³-hybridized carbons (Fsp3) is 0.750. The highest BCUT2D eigenvalue weighted by Crippen LogP contribution is 2.34.